The van der Waals surface area contributed by atoms with E-state index in [1.165, 1.54) is 5.01 Å². The summed E-state index contributed by atoms with van der Waals surface area (Å²) in [6.45, 7) is 7.71. The van der Waals surface area contributed by atoms with Crippen molar-refractivity contribution in [2.75, 3.05) is 0 Å². The first-order valence-electron chi connectivity index (χ1n) is 8.05. The van der Waals surface area contributed by atoms with E-state index < -0.39 is 11.4 Å². The molecule has 23 heavy (non-hydrogen) atoms. The third-order valence-electron chi connectivity index (χ3n) is 3.22. The molecule has 0 heterocycles. The molecule has 124 valence electrons. The van der Waals surface area contributed by atoms with E-state index in [2.05, 4.69) is 24.2 Å². The van der Waals surface area contributed by atoms with Crippen molar-refractivity contribution in [3.05, 3.63) is 35.9 Å². The maximum absolute atomic E-state index is 12.6. The average Bonchev–Trinajstić information content (AvgIpc) is 2.51. The third-order valence-corrected chi connectivity index (χ3v) is 3.22. The van der Waals surface area contributed by atoms with Gasteiger partial charge in [0.15, 0.2) is 0 Å². The molecule has 0 aliphatic carbocycles. The number of hydrogen-bond acceptors (Lipinski definition) is 2. The Hall–Kier alpha value is -2.28. The number of carbonyl (C=O) groups excluding carboxylic acids is 2. The van der Waals surface area contributed by atoms with Gasteiger partial charge in [0.2, 0.25) is 0 Å². The van der Waals surface area contributed by atoms with Gasteiger partial charge in [-0.3, -0.25) is 15.0 Å². The fourth-order valence-electron chi connectivity index (χ4n) is 1.97. The van der Waals surface area contributed by atoms with Crippen LogP contribution in [0.4, 0.5) is 0 Å². The number of carbonyl (C=O) groups is 2. The lowest BCUT2D eigenvalue weighted by atomic mass is 10.1. The van der Waals surface area contributed by atoms with Gasteiger partial charge >= 0.3 is 5.91 Å². The van der Waals surface area contributed by atoms with Gasteiger partial charge in [-0.05, 0) is 45.2 Å². The summed E-state index contributed by atoms with van der Waals surface area (Å²) in [5, 5.41) is 1.34. The molecule has 0 aliphatic heterocycles. The summed E-state index contributed by atoms with van der Waals surface area (Å²) in [7, 11) is 0. The van der Waals surface area contributed by atoms with Crippen molar-refractivity contribution in [3.63, 3.8) is 0 Å². The van der Waals surface area contributed by atoms with E-state index in [0.717, 1.165) is 19.3 Å². The van der Waals surface area contributed by atoms with Crippen LogP contribution in [-0.4, -0.2) is 22.4 Å². The maximum Gasteiger partial charge on any atom is 0.314 e. The molecule has 1 N–H and O–H groups in total. The summed E-state index contributed by atoms with van der Waals surface area (Å²) in [6, 6.07) is 8.89. The minimum absolute atomic E-state index is 0.251. The zero-order valence-corrected chi connectivity index (χ0v) is 14.5. The maximum atomic E-state index is 12.6. The van der Waals surface area contributed by atoms with Crippen molar-refractivity contribution >= 4 is 11.8 Å². The van der Waals surface area contributed by atoms with Gasteiger partial charge in [0, 0.05) is 12.0 Å². The Morgan fingerprint density at radius 2 is 1.78 bits per heavy atom. The van der Waals surface area contributed by atoms with Crippen LogP contribution < -0.4 is 5.43 Å². The number of unbranched alkanes of at least 4 members (excludes halogenated alkanes) is 3. The van der Waals surface area contributed by atoms with Gasteiger partial charge in [0.05, 0.1) is 5.54 Å². The summed E-state index contributed by atoms with van der Waals surface area (Å²) in [5.74, 6) is 4.70. The summed E-state index contributed by atoms with van der Waals surface area (Å²) in [6.07, 6.45) is 3.92. The number of amides is 2. The molecule has 2 amide bonds. The van der Waals surface area contributed by atoms with E-state index in [9.17, 15) is 9.59 Å². The monoisotopic (exact) mass is 314 g/mol. The van der Waals surface area contributed by atoms with Gasteiger partial charge in [0.1, 0.15) is 0 Å². The molecule has 0 aliphatic rings. The van der Waals surface area contributed by atoms with Gasteiger partial charge in [-0.2, -0.15) is 0 Å². The van der Waals surface area contributed by atoms with Crippen LogP contribution in [0.2, 0.25) is 0 Å². The number of nitrogens with one attached hydrogen (secondary N) is 1. The smallest absolute Gasteiger partial charge is 0.267 e. The number of rotatable bonds is 4. The fourth-order valence-corrected chi connectivity index (χ4v) is 1.97. The summed E-state index contributed by atoms with van der Waals surface area (Å²) < 4.78 is 0. The Bertz CT molecular complexity index is 577. The molecule has 0 radical (unpaired) electrons. The standard InChI is InChI=1S/C19H26N2O2/c1-5-6-7-8-12-15-17(22)20-21(19(2,3)4)18(23)16-13-10-9-11-14-16/h9-11,13-14H,5-8H2,1-4H3,(H,20,22). The van der Waals surface area contributed by atoms with Crippen LogP contribution in [0, 0.1) is 11.8 Å². The van der Waals surface area contributed by atoms with Crippen molar-refractivity contribution < 1.29 is 9.59 Å². The minimum atomic E-state index is -0.549. The first kappa shape index (κ1) is 18.8. The lowest BCUT2D eigenvalue weighted by Gasteiger charge is -2.34. The van der Waals surface area contributed by atoms with E-state index in [1.54, 1.807) is 24.3 Å². The normalized spacial score (nSPS) is 10.4. The van der Waals surface area contributed by atoms with Crippen LogP contribution in [0.15, 0.2) is 30.3 Å². The van der Waals surface area contributed by atoms with Gasteiger partial charge in [-0.1, -0.05) is 43.9 Å². The molecule has 0 aromatic heterocycles. The van der Waals surface area contributed by atoms with Crippen molar-refractivity contribution in [2.45, 2.75) is 58.9 Å². The van der Waals surface area contributed by atoms with Crippen molar-refractivity contribution in [3.8, 4) is 11.8 Å². The zero-order valence-electron chi connectivity index (χ0n) is 14.5. The molecule has 0 saturated heterocycles. The molecular formula is C19H26N2O2. The van der Waals surface area contributed by atoms with E-state index in [-0.39, 0.29) is 5.91 Å². The molecule has 4 nitrogen and oxygen atoms in total. The first-order valence-corrected chi connectivity index (χ1v) is 8.05. The highest BCUT2D eigenvalue weighted by Gasteiger charge is 2.28. The summed E-state index contributed by atoms with van der Waals surface area (Å²) in [4.78, 5) is 24.6. The Kier molecular flexibility index (Phi) is 7.34. The van der Waals surface area contributed by atoms with E-state index in [1.807, 2.05) is 26.8 Å². The Morgan fingerprint density at radius 1 is 1.13 bits per heavy atom. The second kappa shape index (κ2) is 8.99. The molecule has 1 rings (SSSR count). The Labute approximate surface area is 139 Å². The predicted molar refractivity (Wildman–Crippen MR) is 92.4 cm³/mol. The quantitative estimate of drug-likeness (QED) is 0.525. The summed E-state index contributed by atoms with van der Waals surface area (Å²) in [5.41, 5.74) is 2.59. The molecule has 0 atom stereocenters. The second-order valence-electron chi connectivity index (χ2n) is 6.38. The van der Waals surface area contributed by atoms with E-state index in [0.29, 0.717) is 12.0 Å². The predicted octanol–water partition coefficient (Wildman–Crippen LogP) is 3.54. The molecule has 0 fully saturated rings. The zero-order chi connectivity index (χ0) is 17.3. The Morgan fingerprint density at radius 3 is 2.35 bits per heavy atom. The van der Waals surface area contributed by atoms with Crippen LogP contribution >= 0.6 is 0 Å². The third kappa shape index (κ3) is 6.56. The number of nitrogens with zero attached hydrogens (tertiary/aromatic N) is 1. The summed E-state index contributed by atoms with van der Waals surface area (Å²) >= 11 is 0. The van der Waals surface area contributed by atoms with Gasteiger partial charge in [0.25, 0.3) is 5.91 Å². The number of benzene rings is 1. The van der Waals surface area contributed by atoms with Crippen LogP contribution in [0.1, 0.15) is 63.7 Å². The number of hydrogen-bond donors (Lipinski definition) is 1. The van der Waals surface area contributed by atoms with Crippen molar-refractivity contribution in [2.24, 2.45) is 0 Å². The van der Waals surface area contributed by atoms with Crippen molar-refractivity contribution in [1.29, 1.82) is 0 Å². The highest BCUT2D eigenvalue weighted by Crippen LogP contribution is 2.14. The lowest BCUT2D eigenvalue weighted by Crippen LogP contribution is -2.55. The molecule has 0 spiro atoms. The van der Waals surface area contributed by atoms with Gasteiger partial charge < -0.3 is 0 Å². The lowest BCUT2D eigenvalue weighted by molar-refractivity contribution is -0.121. The van der Waals surface area contributed by atoms with Crippen LogP contribution in [0.25, 0.3) is 0 Å². The Balaban J connectivity index is 2.76. The molecule has 0 saturated carbocycles. The largest absolute Gasteiger partial charge is 0.314 e. The molecule has 0 unspecified atom stereocenters. The minimum Gasteiger partial charge on any atom is -0.267 e. The molecule has 0 bridgehead atoms. The average molecular weight is 314 g/mol. The molecule has 4 heteroatoms. The number of hydrazine groups is 1. The SMILES string of the molecule is CCCCCC#CC(=O)NN(C(=O)c1ccccc1)C(C)(C)C. The highest BCUT2D eigenvalue weighted by atomic mass is 16.2. The van der Waals surface area contributed by atoms with Gasteiger partial charge in [-0.15, -0.1) is 0 Å². The topological polar surface area (TPSA) is 49.4 Å². The molecule has 1 aromatic carbocycles. The second-order valence-corrected chi connectivity index (χ2v) is 6.38. The van der Waals surface area contributed by atoms with E-state index in [4.69, 9.17) is 0 Å². The van der Waals surface area contributed by atoms with Crippen LogP contribution in [0.3, 0.4) is 0 Å². The van der Waals surface area contributed by atoms with Gasteiger partial charge in [-0.25, -0.2) is 5.01 Å². The highest BCUT2D eigenvalue weighted by molar-refractivity contribution is 5.99. The first-order chi connectivity index (χ1) is 10.9. The van der Waals surface area contributed by atoms with Crippen LogP contribution in [0.5, 0.6) is 0 Å². The molecular weight excluding hydrogens is 288 g/mol. The fraction of sp³-hybridized carbons (Fsp3) is 0.474. The van der Waals surface area contributed by atoms with Crippen LogP contribution in [-0.2, 0) is 4.79 Å². The molecule has 1 aromatic rings. The van der Waals surface area contributed by atoms with Crippen molar-refractivity contribution in [1.82, 2.24) is 10.4 Å². The van der Waals surface area contributed by atoms with E-state index >= 15 is 0 Å².